The van der Waals surface area contributed by atoms with Crippen molar-refractivity contribution in [3.8, 4) is 5.75 Å². The minimum Gasteiger partial charge on any atom is -0.493 e. The van der Waals surface area contributed by atoms with Crippen LogP contribution in [0.25, 0.3) is 0 Å². The third kappa shape index (κ3) is 4.78. The Balaban J connectivity index is 1.66. The second kappa shape index (κ2) is 10.3. The fraction of sp³-hybridized carbons (Fsp3) is 0.522. The standard InChI is InChI=1S/C23H34N6O4S/c1-4-6-19-22-20(27(3)26-19)16-24-23(25-22)18-15-17(7-8-21(18)33-5-2)34(31,32)29-11-9-28(10-12-29)13-14-30/h7-8,15-16,26,30H,4-6,9-14H2,1-3H3,(H,24,25). The summed E-state index contributed by atoms with van der Waals surface area (Å²) in [6, 6.07) is 4.95. The molecular weight excluding hydrogens is 456 g/mol. The molecule has 0 aromatic heterocycles. The number of rotatable bonds is 9. The first-order valence-corrected chi connectivity index (χ1v) is 13.2. The van der Waals surface area contributed by atoms with Crippen molar-refractivity contribution in [1.29, 1.82) is 0 Å². The SMILES string of the molecule is CCCC1=C2NC(c3cc(S(=O)(=O)N4CCN(CCO)CC4)ccc3OCC)=NC=C2N(C)N1. The van der Waals surface area contributed by atoms with E-state index in [-0.39, 0.29) is 11.5 Å². The van der Waals surface area contributed by atoms with Gasteiger partial charge in [0.25, 0.3) is 0 Å². The number of sulfonamides is 1. The molecule has 0 aliphatic carbocycles. The number of amidine groups is 1. The molecule has 3 aliphatic heterocycles. The van der Waals surface area contributed by atoms with Crippen LogP contribution in [0.3, 0.4) is 0 Å². The van der Waals surface area contributed by atoms with E-state index in [9.17, 15) is 8.42 Å². The van der Waals surface area contributed by atoms with Gasteiger partial charge in [0.2, 0.25) is 10.0 Å². The van der Waals surface area contributed by atoms with E-state index >= 15 is 0 Å². The maximum atomic E-state index is 13.4. The second-order valence-electron chi connectivity index (χ2n) is 8.45. The molecule has 1 aromatic carbocycles. The van der Waals surface area contributed by atoms with Crippen LogP contribution in [0.4, 0.5) is 0 Å². The van der Waals surface area contributed by atoms with Gasteiger partial charge in [0.15, 0.2) is 0 Å². The van der Waals surface area contributed by atoms with Crippen LogP contribution in [0.2, 0.25) is 0 Å². The monoisotopic (exact) mass is 490 g/mol. The minimum absolute atomic E-state index is 0.0714. The van der Waals surface area contributed by atoms with Crippen molar-refractivity contribution in [2.45, 2.75) is 31.6 Å². The molecule has 0 saturated carbocycles. The van der Waals surface area contributed by atoms with Gasteiger partial charge < -0.3 is 20.6 Å². The molecule has 0 radical (unpaired) electrons. The highest BCUT2D eigenvalue weighted by molar-refractivity contribution is 7.89. The average Bonchev–Trinajstić information content (AvgIpc) is 3.15. The number of ether oxygens (including phenoxy) is 1. The minimum atomic E-state index is -3.68. The smallest absolute Gasteiger partial charge is 0.243 e. The molecule has 0 atom stereocenters. The van der Waals surface area contributed by atoms with Crippen LogP contribution in [0.15, 0.2) is 51.4 Å². The molecule has 3 aliphatic rings. The predicted molar refractivity (Wildman–Crippen MR) is 130 cm³/mol. The van der Waals surface area contributed by atoms with Crippen LogP contribution >= 0.6 is 0 Å². The van der Waals surface area contributed by atoms with Crippen LogP contribution < -0.4 is 15.5 Å². The number of aliphatic hydroxyl groups is 1. The number of benzene rings is 1. The lowest BCUT2D eigenvalue weighted by Gasteiger charge is -2.33. The highest BCUT2D eigenvalue weighted by Gasteiger charge is 2.31. The molecule has 0 bridgehead atoms. The quantitative estimate of drug-likeness (QED) is 0.471. The van der Waals surface area contributed by atoms with E-state index in [1.165, 1.54) is 4.31 Å². The molecule has 11 heteroatoms. The molecule has 0 spiro atoms. The van der Waals surface area contributed by atoms with Crippen LogP contribution in [-0.4, -0.2) is 86.6 Å². The summed E-state index contributed by atoms with van der Waals surface area (Å²) >= 11 is 0. The number of likely N-dealkylation sites (N-methyl/N-ethyl adjacent to an activating group) is 1. The Labute approximate surface area is 201 Å². The number of β-amino-alcohol motifs (C(OH)–C–C–N with tert-alkyl or cyclic N) is 1. The van der Waals surface area contributed by atoms with Gasteiger partial charge in [0.1, 0.15) is 17.3 Å². The van der Waals surface area contributed by atoms with Gasteiger partial charge in [-0.2, -0.15) is 4.31 Å². The van der Waals surface area contributed by atoms with Crippen molar-refractivity contribution in [2.24, 2.45) is 4.99 Å². The van der Waals surface area contributed by atoms with Crippen LogP contribution in [0.5, 0.6) is 5.75 Å². The van der Waals surface area contributed by atoms with Crippen LogP contribution in [-0.2, 0) is 10.0 Å². The van der Waals surface area contributed by atoms with Crippen molar-refractivity contribution < 1.29 is 18.3 Å². The molecule has 0 amide bonds. The normalized spacial score (nSPS) is 19.4. The fourth-order valence-corrected chi connectivity index (χ4v) is 5.84. The van der Waals surface area contributed by atoms with Crippen LogP contribution in [0.1, 0.15) is 32.3 Å². The van der Waals surface area contributed by atoms with Gasteiger partial charge >= 0.3 is 0 Å². The van der Waals surface area contributed by atoms with Gasteiger partial charge in [-0.15, -0.1) is 0 Å². The summed E-state index contributed by atoms with van der Waals surface area (Å²) in [7, 11) is -1.74. The number of aliphatic imine (C=N–C) groups is 1. The van der Waals surface area contributed by atoms with E-state index in [0.29, 0.717) is 56.5 Å². The third-order valence-electron chi connectivity index (χ3n) is 6.17. The Morgan fingerprint density at radius 3 is 2.62 bits per heavy atom. The molecular formula is C23H34N6O4S. The topological polar surface area (TPSA) is 110 Å². The van der Waals surface area contributed by atoms with Gasteiger partial charge in [-0.3, -0.25) is 9.91 Å². The lowest BCUT2D eigenvalue weighted by atomic mass is 10.1. The maximum absolute atomic E-state index is 13.4. The van der Waals surface area contributed by atoms with E-state index in [4.69, 9.17) is 9.84 Å². The lowest BCUT2D eigenvalue weighted by Crippen LogP contribution is -2.49. The highest BCUT2D eigenvalue weighted by atomic mass is 32.2. The summed E-state index contributed by atoms with van der Waals surface area (Å²) in [5.74, 6) is 1.13. The Morgan fingerprint density at radius 1 is 1.18 bits per heavy atom. The third-order valence-corrected chi connectivity index (χ3v) is 8.07. The molecule has 1 aromatic rings. The van der Waals surface area contributed by atoms with Crippen LogP contribution in [0, 0.1) is 0 Å². The number of hydrazine groups is 1. The number of fused-ring (bicyclic) bond motifs is 1. The number of hydrogen-bond donors (Lipinski definition) is 3. The van der Waals surface area contributed by atoms with E-state index in [2.05, 4.69) is 27.6 Å². The Bertz CT molecular complexity index is 1110. The lowest BCUT2D eigenvalue weighted by molar-refractivity contribution is 0.151. The zero-order valence-corrected chi connectivity index (χ0v) is 20.9. The maximum Gasteiger partial charge on any atom is 0.243 e. The molecule has 3 N–H and O–H groups in total. The summed E-state index contributed by atoms with van der Waals surface area (Å²) in [6.07, 6.45) is 3.66. The van der Waals surface area contributed by atoms with Crippen molar-refractivity contribution in [3.63, 3.8) is 0 Å². The van der Waals surface area contributed by atoms with Crippen molar-refractivity contribution in [3.05, 3.63) is 47.1 Å². The first-order valence-electron chi connectivity index (χ1n) is 11.8. The van der Waals surface area contributed by atoms with E-state index in [1.807, 2.05) is 19.0 Å². The van der Waals surface area contributed by atoms with E-state index in [0.717, 1.165) is 29.9 Å². The average molecular weight is 491 g/mol. The molecule has 1 fully saturated rings. The Hall–Kier alpha value is -2.60. The number of nitrogens with zero attached hydrogens (tertiary/aromatic N) is 4. The number of allylic oxidation sites excluding steroid dienone is 1. The first kappa shape index (κ1) is 24.5. The highest BCUT2D eigenvalue weighted by Crippen LogP contribution is 2.30. The number of nitrogens with one attached hydrogen (secondary N) is 2. The number of aliphatic hydroxyl groups excluding tert-OH is 1. The van der Waals surface area contributed by atoms with Crippen molar-refractivity contribution >= 4 is 15.9 Å². The zero-order chi connectivity index (χ0) is 24.3. The van der Waals surface area contributed by atoms with Gasteiger partial charge in [-0.1, -0.05) is 13.3 Å². The van der Waals surface area contributed by atoms with Crippen molar-refractivity contribution in [2.75, 3.05) is 53.0 Å². The number of hydrogen-bond acceptors (Lipinski definition) is 9. The molecule has 34 heavy (non-hydrogen) atoms. The summed E-state index contributed by atoms with van der Waals surface area (Å²) in [5, 5.41) is 14.5. The fourth-order valence-electron chi connectivity index (χ4n) is 4.40. The number of piperazine rings is 1. The van der Waals surface area contributed by atoms with Gasteiger partial charge in [-0.25, -0.2) is 13.4 Å². The Morgan fingerprint density at radius 2 is 1.94 bits per heavy atom. The van der Waals surface area contributed by atoms with Gasteiger partial charge in [0.05, 0.1) is 41.3 Å². The Kier molecular flexibility index (Phi) is 7.46. The van der Waals surface area contributed by atoms with Crippen molar-refractivity contribution in [1.82, 2.24) is 25.0 Å². The first-order chi connectivity index (χ1) is 16.4. The summed E-state index contributed by atoms with van der Waals surface area (Å²) in [5.41, 5.74) is 6.93. The largest absolute Gasteiger partial charge is 0.493 e. The predicted octanol–water partition coefficient (Wildman–Crippen LogP) is 1.04. The molecule has 3 heterocycles. The second-order valence-corrected chi connectivity index (χ2v) is 10.4. The van der Waals surface area contributed by atoms with E-state index < -0.39 is 10.0 Å². The van der Waals surface area contributed by atoms with Gasteiger partial charge in [0, 0.05) is 39.8 Å². The van der Waals surface area contributed by atoms with Gasteiger partial charge in [-0.05, 0) is 31.5 Å². The molecule has 0 unspecified atom stereocenters. The van der Waals surface area contributed by atoms with E-state index in [1.54, 1.807) is 24.4 Å². The molecule has 1 saturated heterocycles. The zero-order valence-electron chi connectivity index (χ0n) is 20.0. The summed E-state index contributed by atoms with van der Waals surface area (Å²) < 4.78 is 34.2. The molecule has 186 valence electrons. The molecule has 4 rings (SSSR count). The summed E-state index contributed by atoms with van der Waals surface area (Å²) in [6.45, 7) is 7.08. The summed E-state index contributed by atoms with van der Waals surface area (Å²) in [4.78, 5) is 6.88. The molecule has 10 nitrogen and oxygen atoms in total.